The van der Waals surface area contributed by atoms with E-state index in [1.54, 1.807) is 16.8 Å². The fraction of sp³-hybridized carbons (Fsp3) is 0.429. The summed E-state index contributed by atoms with van der Waals surface area (Å²) in [6.07, 6.45) is 0. The number of para-hydroxylation sites is 2. The van der Waals surface area contributed by atoms with Crippen LogP contribution in [0.25, 0.3) is 0 Å². The monoisotopic (exact) mass is 381 g/mol. The van der Waals surface area contributed by atoms with Gasteiger partial charge in [-0.05, 0) is 32.2 Å². The van der Waals surface area contributed by atoms with E-state index >= 15 is 0 Å². The van der Waals surface area contributed by atoms with E-state index in [1.807, 2.05) is 48.9 Å². The van der Waals surface area contributed by atoms with Crippen LogP contribution in [0.15, 0.2) is 30.3 Å². The van der Waals surface area contributed by atoms with Gasteiger partial charge in [0.2, 0.25) is 5.91 Å². The summed E-state index contributed by atoms with van der Waals surface area (Å²) >= 11 is 0. The van der Waals surface area contributed by atoms with E-state index in [9.17, 15) is 9.59 Å². The van der Waals surface area contributed by atoms with E-state index in [2.05, 4.69) is 16.8 Å². The largest absolute Gasteiger partial charge is 0.342 e. The van der Waals surface area contributed by atoms with Crippen molar-refractivity contribution in [1.29, 1.82) is 0 Å². The quantitative estimate of drug-likeness (QED) is 0.797. The van der Waals surface area contributed by atoms with Crippen molar-refractivity contribution in [1.82, 2.24) is 14.4 Å². The van der Waals surface area contributed by atoms with Crippen molar-refractivity contribution in [2.45, 2.75) is 6.92 Å². The first kappa shape index (κ1) is 18.7. The van der Waals surface area contributed by atoms with Crippen LogP contribution in [-0.4, -0.2) is 73.0 Å². The molecule has 4 rings (SSSR count). The Bertz CT molecular complexity index is 927. The van der Waals surface area contributed by atoms with Gasteiger partial charge in [-0.15, -0.1) is 0 Å². The zero-order chi connectivity index (χ0) is 20.0. The maximum atomic E-state index is 13.5. The number of aromatic nitrogens is 1. The average molecular weight is 381 g/mol. The van der Waals surface area contributed by atoms with Gasteiger partial charge in [-0.25, -0.2) is 0 Å². The molecule has 2 aliphatic rings. The Labute approximate surface area is 165 Å². The van der Waals surface area contributed by atoms with Gasteiger partial charge in [-0.2, -0.15) is 0 Å². The van der Waals surface area contributed by atoms with Gasteiger partial charge in [0.15, 0.2) is 0 Å². The van der Waals surface area contributed by atoms with Crippen molar-refractivity contribution >= 4 is 28.9 Å². The van der Waals surface area contributed by atoms with Crippen LogP contribution in [0, 0.1) is 6.92 Å². The van der Waals surface area contributed by atoms with Crippen molar-refractivity contribution in [3.8, 4) is 0 Å². The summed E-state index contributed by atoms with van der Waals surface area (Å²) in [5.41, 5.74) is 3.65. The summed E-state index contributed by atoms with van der Waals surface area (Å²) in [4.78, 5) is 34.5. The Morgan fingerprint density at radius 1 is 0.964 bits per heavy atom. The van der Waals surface area contributed by atoms with Gasteiger partial charge in [0.05, 0.1) is 23.6 Å². The number of anilines is 3. The van der Waals surface area contributed by atoms with Crippen LogP contribution in [0.3, 0.4) is 0 Å². The lowest BCUT2D eigenvalue weighted by Crippen LogP contribution is -2.48. The number of piperazine rings is 1. The summed E-state index contributed by atoms with van der Waals surface area (Å²) in [6.45, 7) is 5.96. The maximum Gasteiger partial charge on any atom is 0.276 e. The summed E-state index contributed by atoms with van der Waals surface area (Å²) in [6, 6.07) is 9.55. The molecule has 148 valence electrons. The minimum atomic E-state index is -0.104. The third-order valence-electron chi connectivity index (χ3n) is 5.89. The number of rotatable bonds is 2. The maximum absolute atomic E-state index is 13.5. The molecule has 2 aromatic rings. The highest BCUT2D eigenvalue weighted by atomic mass is 16.2. The molecule has 1 fully saturated rings. The number of hydrogen-bond donors (Lipinski definition) is 0. The predicted molar refractivity (Wildman–Crippen MR) is 110 cm³/mol. The molecule has 28 heavy (non-hydrogen) atoms. The molecule has 0 radical (unpaired) electrons. The molecular weight excluding hydrogens is 354 g/mol. The fourth-order valence-corrected chi connectivity index (χ4v) is 4.01. The number of likely N-dealkylation sites (N-methyl/N-ethyl adjacent to an activating group) is 1. The summed E-state index contributed by atoms with van der Waals surface area (Å²) in [5.74, 6) is -0.111. The summed E-state index contributed by atoms with van der Waals surface area (Å²) in [7, 11) is 5.74. The Morgan fingerprint density at radius 3 is 2.29 bits per heavy atom. The first-order valence-corrected chi connectivity index (χ1v) is 9.65. The van der Waals surface area contributed by atoms with Crippen LogP contribution < -0.4 is 9.80 Å². The summed E-state index contributed by atoms with van der Waals surface area (Å²) in [5, 5.41) is 0. The van der Waals surface area contributed by atoms with Crippen molar-refractivity contribution in [2.24, 2.45) is 7.05 Å². The third-order valence-corrected chi connectivity index (χ3v) is 5.89. The van der Waals surface area contributed by atoms with E-state index in [1.165, 1.54) is 0 Å². The first-order chi connectivity index (χ1) is 13.4. The van der Waals surface area contributed by atoms with Crippen LogP contribution in [-0.2, 0) is 11.8 Å². The molecule has 2 aliphatic heterocycles. The topological polar surface area (TPSA) is 52.0 Å². The summed E-state index contributed by atoms with van der Waals surface area (Å²) < 4.78 is 1.87. The van der Waals surface area contributed by atoms with Crippen molar-refractivity contribution < 1.29 is 9.59 Å². The van der Waals surface area contributed by atoms with Crippen molar-refractivity contribution in [2.75, 3.05) is 56.6 Å². The number of benzene rings is 1. The first-order valence-electron chi connectivity index (χ1n) is 9.65. The van der Waals surface area contributed by atoms with Crippen LogP contribution in [0.2, 0.25) is 0 Å². The predicted octanol–water partition coefficient (Wildman–Crippen LogP) is 1.84. The number of hydrogen-bond acceptors (Lipinski definition) is 4. The van der Waals surface area contributed by atoms with Crippen LogP contribution >= 0.6 is 0 Å². The standard InChI is InChI=1S/C21H27N5O2/c1-15-13-18-20(23(15)3)21(28)24(4)16-7-5-6-8-17(16)26(18)19(27)14-25-11-9-22(2)10-12-25/h5-8,13H,9-12,14H2,1-4H3. The van der Waals surface area contributed by atoms with Gasteiger partial charge < -0.3 is 14.4 Å². The number of fused-ring (bicyclic) bond motifs is 2. The lowest BCUT2D eigenvalue weighted by Gasteiger charge is -2.33. The molecule has 0 bridgehead atoms. The lowest BCUT2D eigenvalue weighted by molar-refractivity contribution is -0.119. The number of nitrogens with zero attached hydrogens (tertiary/aromatic N) is 5. The normalized spacial score (nSPS) is 18.1. The Balaban J connectivity index is 1.78. The number of carbonyl (C=O) groups is 2. The zero-order valence-electron chi connectivity index (χ0n) is 17.0. The molecule has 0 aliphatic carbocycles. The Hall–Kier alpha value is -2.64. The molecule has 0 atom stereocenters. The molecular formula is C21H27N5O2. The average Bonchev–Trinajstić information content (AvgIpc) is 2.92. The van der Waals surface area contributed by atoms with Gasteiger partial charge in [0, 0.05) is 46.0 Å². The second kappa shape index (κ2) is 7.07. The van der Waals surface area contributed by atoms with E-state index in [0.29, 0.717) is 17.9 Å². The lowest BCUT2D eigenvalue weighted by atomic mass is 10.2. The van der Waals surface area contributed by atoms with Gasteiger partial charge in [0.1, 0.15) is 5.69 Å². The second-order valence-corrected chi connectivity index (χ2v) is 7.74. The molecule has 1 aromatic carbocycles. The number of aryl methyl sites for hydroxylation is 1. The second-order valence-electron chi connectivity index (χ2n) is 7.74. The molecule has 3 heterocycles. The Morgan fingerprint density at radius 2 is 1.61 bits per heavy atom. The van der Waals surface area contributed by atoms with Crippen molar-refractivity contribution in [3.05, 3.63) is 41.7 Å². The van der Waals surface area contributed by atoms with Crippen LogP contribution in [0.4, 0.5) is 17.1 Å². The molecule has 7 heteroatoms. The zero-order valence-corrected chi connectivity index (χ0v) is 17.0. The third kappa shape index (κ3) is 3.00. The van der Waals surface area contributed by atoms with Crippen LogP contribution in [0.1, 0.15) is 16.2 Å². The highest BCUT2D eigenvalue weighted by Crippen LogP contribution is 2.41. The molecule has 0 spiro atoms. The number of amides is 2. The Kier molecular flexibility index (Phi) is 4.72. The molecule has 0 saturated carbocycles. The molecule has 0 unspecified atom stereocenters. The van der Waals surface area contributed by atoms with Gasteiger partial charge in [-0.1, -0.05) is 12.1 Å². The van der Waals surface area contributed by atoms with Gasteiger partial charge >= 0.3 is 0 Å². The van der Waals surface area contributed by atoms with E-state index in [4.69, 9.17) is 0 Å². The highest BCUT2D eigenvalue weighted by Gasteiger charge is 2.35. The van der Waals surface area contributed by atoms with Crippen molar-refractivity contribution in [3.63, 3.8) is 0 Å². The molecule has 1 aromatic heterocycles. The number of carbonyl (C=O) groups excluding carboxylic acids is 2. The van der Waals surface area contributed by atoms with Crippen LogP contribution in [0.5, 0.6) is 0 Å². The van der Waals surface area contributed by atoms with E-state index < -0.39 is 0 Å². The molecule has 2 amide bonds. The minimum Gasteiger partial charge on any atom is -0.342 e. The van der Waals surface area contributed by atoms with E-state index in [0.717, 1.165) is 43.2 Å². The van der Waals surface area contributed by atoms with E-state index in [-0.39, 0.29) is 11.8 Å². The highest BCUT2D eigenvalue weighted by molar-refractivity contribution is 6.18. The molecule has 0 N–H and O–H groups in total. The van der Waals surface area contributed by atoms with Gasteiger partial charge in [0.25, 0.3) is 5.91 Å². The molecule has 1 saturated heterocycles. The smallest absolute Gasteiger partial charge is 0.276 e. The SMILES string of the molecule is Cc1cc2c(n1C)C(=O)N(C)c1ccccc1N2C(=O)CN1CCN(C)CC1. The minimum absolute atomic E-state index is 0.00745. The van der Waals surface area contributed by atoms with Gasteiger partial charge in [-0.3, -0.25) is 19.4 Å². The molecule has 7 nitrogen and oxygen atoms in total. The fourth-order valence-electron chi connectivity index (χ4n) is 4.01.